The molecule has 0 bridgehead atoms. The number of nitrogens with zero attached hydrogens (tertiary/aromatic N) is 1. The molecule has 0 aromatic rings. The summed E-state index contributed by atoms with van der Waals surface area (Å²) in [5, 5.41) is 20.2. The molecule has 3 unspecified atom stereocenters. The van der Waals surface area contributed by atoms with E-state index in [1.165, 1.54) is 0 Å². The fraction of sp³-hybridized carbons (Fsp3) is 0.923. The average molecular weight is 223 g/mol. The van der Waals surface area contributed by atoms with Crippen LogP contribution in [-0.2, 0) is 4.74 Å². The van der Waals surface area contributed by atoms with Crippen molar-refractivity contribution in [3.8, 4) is 6.07 Å². The highest BCUT2D eigenvalue weighted by atomic mass is 16.5. The van der Waals surface area contributed by atoms with E-state index in [1.807, 2.05) is 0 Å². The molecule has 1 aliphatic heterocycles. The third-order valence-corrected chi connectivity index (χ3v) is 4.52. The van der Waals surface area contributed by atoms with Crippen molar-refractivity contribution in [1.82, 2.24) is 0 Å². The maximum atomic E-state index is 10.8. The van der Waals surface area contributed by atoms with Gasteiger partial charge in [0.15, 0.2) is 0 Å². The molecule has 0 radical (unpaired) electrons. The summed E-state index contributed by atoms with van der Waals surface area (Å²) in [5.41, 5.74) is -1.45. The summed E-state index contributed by atoms with van der Waals surface area (Å²) >= 11 is 0. The Morgan fingerprint density at radius 3 is 2.81 bits per heavy atom. The second-order valence-corrected chi connectivity index (χ2v) is 5.40. The molecule has 0 aromatic heterocycles. The van der Waals surface area contributed by atoms with E-state index in [0.717, 1.165) is 45.1 Å². The molecule has 1 N–H and O–H groups in total. The molecule has 3 nitrogen and oxygen atoms in total. The van der Waals surface area contributed by atoms with Crippen LogP contribution in [0.5, 0.6) is 0 Å². The molecular formula is C13H21NO2. The highest BCUT2D eigenvalue weighted by molar-refractivity contribution is 5.14. The van der Waals surface area contributed by atoms with Crippen LogP contribution in [0.2, 0.25) is 0 Å². The van der Waals surface area contributed by atoms with E-state index in [9.17, 15) is 10.4 Å². The van der Waals surface area contributed by atoms with Crippen LogP contribution in [0.1, 0.15) is 45.4 Å². The Morgan fingerprint density at radius 2 is 2.31 bits per heavy atom. The Bertz CT molecular complexity index is 291. The molecule has 1 aliphatic carbocycles. The minimum absolute atomic E-state index is 0.413. The Kier molecular flexibility index (Phi) is 3.23. The SMILES string of the molecule is CCC1CCC(O)(C2(C#N)CCCOC2)C1. The normalized spacial score (nSPS) is 44.2. The minimum atomic E-state index is -0.803. The van der Waals surface area contributed by atoms with Crippen LogP contribution in [-0.4, -0.2) is 23.9 Å². The van der Waals surface area contributed by atoms with Gasteiger partial charge in [-0.1, -0.05) is 13.3 Å². The molecule has 1 saturated heterocycles. The monoisotopic (exact) mass is 223 g/mol. The summed E-state index contributed by atoms with van der Waals surface area (Å²) < 4.78 is 5.44. The molecule has 0 spiro atoms. The zero-order chi connectivity index (χ0) is 11.6. The molecule has 3 heteroatoms. The average Bonchev–Trinajstić information content (AvgIpc) is 2.74. The van der Waals surface area contributed by atoms with Crippen LogP contribution in [0.25, 0.3) is 0 Å². The van der Waals surface area contributed by atoms with Crippen molar-refractivity contribution in [2.75, 3.05) is 13.2 Å². The fourth-order valence-electron chi connectivity index (χ4n) is 3.26. The molecule has 16 heavy (non-hydrogen) atoms. The lowest BCUT2D eigenvalue weighted by Crippen LogP contribution is -2.50. The number of ether oxygens (including phenoxy) is 1. The Labute approximate surface area is 97.4 Å². The van der Waals surface area contributed by atoms with Gasteiger partial charge in [0.25, 0.3) is 0 Å². The lowest BCUT2D eigenvalue weighted by atomic mass is 9.68. The van der Waals surface area contributed by atoms with Gasteiger partial charge in [0.1, 0.15) is 5.41 Å². The summed E-state index contributed by atoms with van der Waals surface area (Å²) in [7, 11) is 0. The zero-order valence-corrected chi connectivity index (χ0v) is 10.0. The third-order valence-electron chi connectivity index (χ3n) is 4.52. The largest absolute Gasteiger partial charge is 0.388 e. The van der Waals surface area contributed by atoms with Crippen LogP contribution in [0.3, 0.4) is 0 Å². The van der Waals surface area contributed by atoms with Gasteiger partial charge in [-0.3, -0.25) is 0 Å². The van der Waals surface area contributed by atoms with Gasteiger partial charge >= 0.3 is 0 Å². The molecule has 0 aromatic carbocycles. The highest BCUT2D eigenvalue weighted by Crippen LogP contribution is 2.50. The summed E-state index contributed by atoms with van der Waals surface area (Å²) in [6, 6.07) is 2.37. The number of hydrogen-bond acceptors (Lipinski definition) is 3. The standard InChI is InChI=1S/C13H21NO2/c1-2-11-4-6-13(15,8-11)12(9-14)5-3-7-16-10-12/h11,15H,2-8,10H2,1H3. The number of rotatable bonds is 2. The lowest BCUT2D eigenvalue weighted by Gasteiger charge is -2.42. The van der Waals surface area contributed by atoms with E-state index in [1.54, 1.807) is 0 Å². The van der Waals surface area contributed by atoms with Crippen molar-refractivity contribution >= 4 is 0 Å². The van der Waals surface area contributed by atoms with Gasteiger partial charge in [-0.2, -0.15) is 5.26 Å². The van der Waals surface area contributed by atoms with Gasteiger partial charge in [-0.25, -0.2) is 0 Å². The molecule has 1 heterocycles. The molecule has 3 atom stereocenters. The maximum absolute atomic E-state index is 10.8. The number of nitriles is 1. The Hall–Kier alpha value is -0.590. The van der Waals surface area contributed by atoms with Gasteiger partial charge < -0.3 is 9.84 Å². The van der Waals surface area contributed by atoms with E-state index in [2.05, 4.69) is 13.0 Å². The van der Waals surface area contributed by atoms with Crippen molar-refractivity contribution in [3.05, 3.63) is 0 Å². The first kappa shape index (κ1) is 11.9. The van der Waals surface area contributed by atoms with E-state index in [4.69, 9.17) is 4.74 Å². The van der Waals surface area contributed by atoms with Gasteiger partial charge in [-0.15, -0.1) is 0 Å². The molecule has 2 rings (SSSR count). The first-order valence-corrected chi connectivity index (χ1v) is 6.37. The molecule has 1 saturated carbocycles. The molecule has 2 fully saturated rings. The van der Waals surface area contributed by atoms with Crippen molar-refractivity contribution < 1.29 is 9.84 Å². The van der Waals surface area contributed by atoms with Crippen LogP contribution in [0.15, 0.2) is 0 Å². The van der Waals surface area contributed by atoms with Gasteiger partial charge in [0.2, 0.25) is 0 Å². The molecule has 2 aliphatic rings. The number of hydrogen-bond donors (Lipinski definition) is 1. The molecule has 90 valence electrons. The third kappa shape index (κ3) is 1.74. The smallest absolute Gasteiger partial charge is 0.109 e. The predicted octanol–water partition coefficient (Wildman–Crippen LogP) is 2.25. The van der Waals surface area contributed by atoms with Crippen molar-refractivity contribution in [2.24, 2.45) is 11.3 Å². The second kappa shape index (κ2) is 4.35. The highest BCUT2D eigenvalue weighted by Gasteiger charge is 2.54. The summed E-state index contributed by atoms with van der Waals surface area (Å²) in [4.78, 5) is 0. The van der Waals surface area contributed by atoms with Crippen LogP contribution < -0.4 is 0 Å². The maximum Gasteiger partial charge on any atom is 0.109 e. The van der Waals surface area contributed by atoms with Gasteiger partial charge in [0.05, 0.1) is 18.3 Å². The van der Waals surface area contributed by atoms with Crippen LogP contribution >= 0.6 is 0 Å². The summed E-state index contributed by atoms with van der Waals surface area (Å²) in [5.74, 6) is 0.581. The lowest BCUT2D eigenvalue weighted by molar-refractivity contribution is -0.116. The van der Waals surface area contributed by atoms with E-state index in [0.29, 0.717) is 12.5 Å². The zero-order valence-electron chi connectivity index (χ0n) is 10.0. The Morgan fingerprint density at radius 1 is 1.50 bits per heavy atom. The first-order chi connectivity index (χ1) is 7.66. The van der Waals surface area contributed by atoms with E-state index >= 15 is 0 Å². The quantitative estimate of drug-likeness (QED) is 0.781. The molecule has 0 amide bonds. The van der Waals surface area contributed by atoms with Crippen molar-refractivity contribution in [1.29, 1.82) is 5.26 Å². The fourth-order valence-corrected chi connectivity index (χ4v) is 3.26. The van der Waals surface area contributed by atoms with Crippen LogP contribution in [0.4, 0.5) is 0 Å². The first-order valence-electron chi connectivity index (χ1n) is 6.37. The van der Waals surface area contributed by atoms with Gasteiger partial charge in [0, 0.05) is 6.61 Å². The Balaban J connectivity index is 2.18. The van der Waals surface area contributed by atoms with Crippen molar-refractivity contribution in [3.63, 3.8) is 0 Å². The second-order valence-electron chi connectivity index (χ2n) is 5.40. The van der Waals surface area contributed by atoms with Gasteiger partial charge in [-0.05, 0) is 38.0 Å². The van der Waals surface area contributed by atoms with E-state index < -0.39 is 11.0 Å². The topological polar surface area (TPSA) is 53.2 Å². The minimum Gasteiger partial charge on any atom is -0.388 e. The summed E-state index contributed by atoms with van der Waals surface area (Å²) in [6.07, 6.45) is 5.38. The van der Waals surface area contributed by atoms with Crippen molar-refractivity contribution in [2.45, 2.75) is 51.0 Å². The number of aliphatic hydroxyl groups is 1. The summed E-state index contributed by atoms with van der Waals surface area (Å²) in [6.45, 7) is 3.31. The van der Waals surface area contributed by atoms with Crippen LogP contribution in [0, 0.1) is 22.7 Å². The van der Waals surface area contributed by atoms with E-state index in [-0.39, 0.29) is 0 Å². The molecular weight excluding hydrogens is 202 g/mol. The predicted molar refractivity (Wildman–Crippen MR) is 60.7 cm³/mol.